The van der Waals surface area contributed by atoms with Gasteiger partial charge in [-0.15, -0.1) is 0 Å². The average molecular weight is 507 g/mol. The molecule has 0 atom stereocenters. The number of nitrogens with zero attached hydrogens (tertiary/aromatic N) is 2. The number of aromatic nitrogens is 2. The van der Waals surface area contributed by atoms with Crippen LogP contribution in [0.2, 0.25) is 0 Å². The molecule has 0 radical (unpaired) electrons. The van der Waals surface area contributed by atoms with Crippen molar-refractivity contribution in [3.8, 4) is 17.1 Å². The maximum absolute atomic E-state index is 6.05. The number of rotatable bonds is 19. The Bertz CT molecular complexity index is 809. The smallest absolute Gasteiger partial charge is 0.159 e. The first-order chi connectivity index (χ1) is 18.3. The van der Waals surface area contributed by atoms with Gasteiger partial charge in [0.05, 0.1) is 6.61 Å². The van der Waals surface area contributed by atoms with Gasteiger partial charge in [0.25, 0.3) is 0 Å². The lowest BCUT2D eigenvalue weighted by Crippen LogP contribution is -2.15. The summed E-state index contributed by atoms with van der Waals surface area (Å²) in [5.74, 6) is 3.67. The van der Waals surface area contributed by atoms with Crippen LogP contribution in [0.25, 0.3) is 11.4 Å². The second kappa shape index (κ2) is 18.4. The molecule has 1 fully saturated rings. The van der Waals surface area contributed by atoms with Crippen molar-refractivity contribution in [3.05, 3.63) is 42.2 Å². The van der Waals surface area contributed by atoms with Crippen LogP contribution in [-0.4, -0.2) is 16.6 Å². The zero-order valence-electron chi connectivity index (χ0n) is 24.1. The Morgan fingerprint density at radius 3 is 1.81 bits per heavy atom. The summed E-state index contributed by atoms with van der Waals surface area (Å²) in [6, 6.07) is 8.28. The van der Waals surface area contributed by atoms with E-state index in [1.165, 1.54) is 115 Å². The lowest BCUT2D eigenvalue weighted by Gasteiger charge is -2.28. The Hall–Kier alpha value is -1.90. The summed E-state index contributed by atoms with van der Waals surface area (Å²) in [6.45, 7) is 5.35. The molecule has 0 N–H and O–H groups in total. The second-order valence-electron chi connectivity index (χ2n) is 11.5. The molecule has 1 heterocycles. The average Bonchev–Trinajstić information content (AvgIpc) is 2.94. The van der Waals surface area contributed by atoms with E-state index in [9.17, 15) is 0 Å². The molecule has 0 amide bonds. The van der Waals surface area contributed by atoms with E-state index in [1.54, 1.807) is 0 Å². The molecule has 3 nitrogen and oxygen atoms in total. The summed E-state index contributed by atoms with van der Waals surface area (Å²) in [6.07, 6.45) is 30.0. The Kier molecular flexibility index (Phi) is 14.7. The number of aryl methyl sites for hydroxylation is 1. The van der Waals surface area contributed by atoms with Crippen molar-refractivity contribution in [1.29, 1.82) is 0 Å². The molecule has 0 spiro atoms. The zero-order valence-corrected chi connectivity index (χ0v) is 24.1. The number of hydrogen-bond acceptors (Lipinski definition) is 3. The van der Waals surface area contributed by atoms with E-state index < -0.39 is 0 Å². The van der Waals surface area contributed by atoms with Crippen molar-refractivity contribution >= 4 is 0 Å². The Morgan fingerprint density at radius 2 is 1.19 bits per heavy atom. The van der Waals surface area contributed by atoms with Gasteiger partial charge in [0.1, 0.15) is 5.75 Å². The Balaban J connectivity index is 1.22. The fourth-order valence-electron chi connectivity index (χ4n) is 5.85. The molecule has 2 aromatic rings. The molecule has 3 rings (SSSR count). The van der Waals surface area contributed by atoms with Crippen molar-refractivity contribution in [1.82, 2.24) is 9.97 Å². The van der Waals surface area contributed by atoms with Crippen LogP contribution in [0.15, 0.2) is 36.7 Å². The molecule has 0 unspecified atom stereocenters. The van der Waals surface area contributed by atoms with Crippen LogP contribution in [0, 0.1) is 11.8 Å². The predicted molar refractivity (Wildman–Crippen MR) is 158 cm³/mol. The van der Waals surface area contributed by atoms with Crippen LogP contribution in [0.4, 0.5) is 0 Å². The van der Waals surface area contributed by atoms with Crippen LogP contribution < -0.4 is 4.74 Å². The molecule has 206 valence electrons. The van der Waals surface area contributed by atoms with E-state index >= 15 is 0 Å². The van der Waals surface area contributed by atoms with Crippen molar-refractivity contribution in [2.24, 2.45) is 11.8 Å². The van der Waals surface area contributed by atoms with Crippen molar-refractivity contribution in [2.75, 3.05) is 6.61 Å². The lowest BCUT2D eigenvalue weighted by atomic mass is 9.78. The van der Waals surface area contributed by atoms with Crippen LogP contribution in [-0.2, 0) is 6.42 Å². The van der Waals surface area contributed by atoms with Gasteiger partial charge in [-0.3, -0.25) is 0 Å². The minimum atomic E-state index is 0.795. The van der Waals surface area contributed by atoms with Crippen molar-refractivity contribution in [2.45, 2.75) is 136 Å². The molecule has 1 saturated carbocycles. The maximum Gasteiger partial charge on any atom is 0.159 e. The van der Waals surface area contributed by atoms with E-state index in [4.69, 9.17) is 4.74 Å². The van der Waals surface area contributed by atoms with E-state index in [0.717, 1.165) is 48.4 Å². The Labute approximate surface area is 228 Å². The van der Waals surface area contributed by atoms with E-state index in [0.29, 0.717) is 0 Å². The quantitative estimate of drug-likeness (QED) is 0.178. The summed E-state index contributed by atoms with van der Waals surface area (Å²) in [7, 11) is 0. The SMILES string of the molecule is CCCCCCCCCCC1CCC(CCCOc2ccc(-c3ncc(CCCCC)cn3)cc2)CC1. The highest BCUT2D eigenvalue weighted by molar-refractivity contribution is 5.55. The van der Waals surface area contributed by atoms with Crippen LogP contribution in [0.3, 0.4) is 0 Å². The van der Waals surface area contributed by atoms with Gasteiger partial charge in [0, 0.05) is 18.0 Å². The first-order valence-electron chi connectivity index (χ1n) is 15.8. The number of benzene rings is 1. The van der Waals surface area contributed by atoms with Crippen molar-refractivity contribution in [3.63, 3.8) is 0 Å². The lowest BCUT2D eigenvalue weighted by molar-refractivity contribution is 0.228. The minimum Gasteiger partial charge on any atom is -0.494 e. The first-order valence-corrected chi connectivity index (χ1v) is 15.8. The second-order valence-corrected chi connectivity index (χ2v) is 11.5. The van der Waals surface area contributed by atoms with Gasteiger partial charge in [0.15, 0.2) is 5.82 Å². The summed E-state index contributed by atoms with van der Waals surface area (Å²) < 4.78 is 6.05. The standard InChI is InChI=1S/C34H54N2O/c1-3-5-7-8-9-10-11-13-15-29-18-20-30(21-19-29)17-14-26-37-33-24-22-32(23-25-33)34-35-27-31(28-36-34)16-12-6-4-2/h22-25,27-30H,3-21,26H2,1-2H3. The minimum absolute atomic E-state index is 0.795. The molecule has 37 heavy (non-hydrogen) atoms. The summed E-state index contributed by atoms with van der Waals surface area (Å²) in [5, 5.41) is 0. The topological polar surface area (TPSA) is 35.0 Å². The van der Waals surface area contributed by atoms with Gasteiger partial charge in [-0.1, -0.05) is 110 Å². The van der Waals surface area contributed by atoms with E-state index in [2.05, 4.69) is 48.1 Å². The molecule has 0 saturated heterocycles. The maximum atomic E-state index is 6.05. The predicted octanol–water partition coefficient (Wildman–Crippen LogP) is 10.4. The fourth-order valence-corrected chi connectivity index (χ4v) is 5.85. The third-order valence-corrected chi connectivity index (χ3v) is 8.34. The molecule has 1 aromatic carbocycles. The van der Waals surface area contributed by atoms with Gasteiger partial charge in [0.2, 0.25) is 0 Å². The third kappa shape index (κ3) is 12.0. The highest BCUT2D eigenvalue weighted by Gasteiger charge is 2.20. The zero-order chi connectivity index (χ0) is 26.0. The molecular weight excluding hydrogens is 452 g/mol. The van der Waals surface area contributed by atoms with Gasteiger partial charge in [-0.2, -0.15) is 0 Å². The molecule has 0 bridgehead atoms. The number of ether oxygens (including phenoxy) is 1. The summed E-state index contributed by atoms with van der Waals surface area (Å²) >= 11 is 0. The largest absolute Gasteiger partial charge is 0.494 e. The fraction of sp³-hybridized carbons (Fsp3) is 0.706. The molecule has 1 aliphatic rings. The molecular formula is C34H54N2O. The van der Waals surface area contributed by atoms with Gasteiger partial charge < -0.3 is 4.74 Å². The van der Waals surface area contributed by atoms with Crippen LogP contribution >= 0.6 is 0 Å². The summed E-state index contributed by atoms with van der Waals surface area (Å²) in [5.41, 5.74) is 2.28. The number of hydrogen-bond donors (Lipinski definition) is 0. The third-order valence-electron chi connectivity index (χ3n) is 8.34. The molecule has 1 aliphatic carbocycles. The first kappa shape index (κ1) is 29.7. The van der Waals surface area contributed by atoms with Crippen LogP contribution in [0.5, 0.6) is 5.75 Å². The Morgan fingerprint density at radius 1 is 0.649 bits per heavy atom. The number of unbranched alkanes of at least 4 members (excludes halogenated alkanes) is 9. The van der Waals surface area contributed by atoms with Gasteiger partial charge in [-0.05, 0) is 67.3 Å². The summed E-state index contributed by atoms with van der Waals surface area (Å²) in [4.78, 5) is 9.15. The molecule has 1 aromatic heterocycles. The van der Waals surface area contributed by atoms with Crippen molar-refractivity contribution < 1.29 is 4.74 Å². The monoisotopic (exact) mass is 506 g/mol. The highest BCUT2D eigenvalue weighted by atomic mass is 16.5. The van der Waals surface area contributed by atoms with E-state index in [1.807, 2.05) is 12.4 Å². The highest BCUT2D eigenvalue weighted by Crippen LogP contribution is 2.34. The van der Waals surface area contributed by atoms with Gasteiger partial charge >= 0.3 is 0 Å². The molecule has 3 heteroatoms. The molecule has 0 aliphatic heterocycles. The van der Waals surface area contributed by atoms with Gasteiger partial charge in [-0.25, -0.2) is 9.97 Å². The normalized spacial score (nSPS) is 17.7. The van der Waals surface area contributed by atoms with Crippen LogP contribution in [0.1, 0.15) is 135 Å². The van der Waals surface area contributed by atoms with E-state index in [-0.39, 0.29) is 0 Å².